The predicted molar refractivity (Wildman–Crippen MR) is 161 cm³/mol. The van der Waals surface area contributed by atoms with Crippen LogP contribution in [0.3, 0.4) is 0 Å². The van der Waals surface area contributed by atoms with Crippen LogP contribution >= 0.6 is 0 Å². The number of rotatable bonds is 6. The van der Waals surface area contributed by atoms with Gasteiger partial charge in [-0.25, -0.2) is 0 Å². The average Bonchev–Trinajstić information content (AvgIpc) is 3.39. The molecule has 6 fully saturated rings. The molecule has 10 nitrogen and oxygen atoms in total. The van der Waals surface area contributed by atoms with Crippen LogP contribution in [0.4, 0.5) is 0 Å². The lowest BCUT2D eigenvalue weighted by Gasteiger charge is -2.59. The topological polar surface area (TPSA) is 96.3 Å². The first kappa shape index (κ1) is 30.4. The van der Waals surface area contributed by atoms with Gasteiger partial charge in [0, 0.05) is 50.2 Å². The molecule has 0 radical (unpaired) electrons. The maximum atomic E-state index is 12.6. The van der Waals surface area contributed by atoms with Crippen molar-refractivity contribution < 1.29 is 14.3 Å². The van der Waals surface area contributed by atoms with Crippen molar-refractivity contribution in [2.45, 2.75) is 113 Å². The molecule has 9 unspecified atom stereocenters. The fourth-order valence-corrected chi connectivity index (χ4v) is 9.42. The van der Waals surface area contributed by atoms with Crippen LogP contribution in [-0.2, 0) is 14.3 Å². The molecule has 4 heterocycles. The molecule has 0 aromatic carbocycles. The van der Waals surface area contributed by atoms with Gasteiger partial charge in [0.15, 0.2) is 6.35 Å². The number of nitrogens with zero attached hydrogens (tertiary/aromatic N) is 5. The van der Waals surface area contributed by atoms with Gasteiger partial charge in [-0.2, -0.15) is 5.26 Å². The van der Waals surface area contributed by atoms with E-state index < -0.39 is 0 Å². The quantitative estimate of drug-likeness (QED) is 0.455. The number of ether oxygens (including phenoxy) is 2. The summed E-state index contributed by atoms with van der Waals surface area (Å²) in [7, 11) is 4.51. The molecule has 42 heavy (non-hydrogen) atoms. The summed E-state index contributed by atoms with van der Waals surface area (Å²) < 4.78 is 13.7. The average molecular weight is 584 g/mol. The van der Waals surface area contributed by atoms with Gasteiger partial charge in [-0.05, 0) is 77.6 Å². The van der Waals surface area contributed by atoms with Crippen LogP contribution in [0.15, 0.2) is 12.7 Å². The third kappa shape index (κ3) is 6.03. The van der Waals surface area contributed by atoms with Crippen molar-refractivity contribution in [1.82, 2.24) is 30.2 Å². The van der Waals surface area contributed by atoms with Crippen LogP contribution < -0.4 is 10.6 Å². The van der Waals surface area contributed by atoms with E-state index in [0.717, 1.165) is 38.9 Å². The van der Waals surface area contributed by atoms with Crippen LogP contribution in [0.5, 0.6) is 0 Å². The van der Waals surface area contributed by atoms with Gasteiger partial charge in [-0.15, -0.1) is 0 Å². The second kappa shape index (κ2) is 12.8. The van der Waals surface area contributed by atoms with Gasteiger partial charge in [0.25, 0.3) is 0 Å². The number of nitrogens with one attached hydrogen (secondary N) is 2. The molecule has 0 aromatic rings. The number of piperazine rings is 1. The monoisotopic (exact) mass is 583 g/mol. The summed E-state index contributed by atoms with van der Waals surface area (Å²) >= 11 is 0. The molecular formula is C32H53N7O3. The summed E-state index contributed by atoms with van der Waals surface area (Å²) in [6.07, 6.45) is 11.2. The third-order valence-electron chi connectivity index (χ3n) is 11.5. The minimum atomic E-state index is -0.244. The largest absolute Gasteiger partial charge is 0.369 e. The van der Waals surface area contributed by atoms with Crippen LogP contribution in [0.25, 0.3) is 0 Å². The fourth-order valence-electron chi connectivity index (χ4n) is 9.42. The normalized spacial score (nSPS) is 43.5. The molecule has 6 aliphatic rings. The Morgan fingerprint density at radius 2 is 1.98 bits per heavy atom. The number of nitriles is 1. The Kier molecular flexibility index (Phi) is 9.28. The summed E-state index contributed by atoms with van der Waals surface area (Å²) in [6.45, 7) is 11.0. The minimum Gasteiger partial charge on any atom is -0.369 e. The first-order valence-corrected chi connectivity index (χ1v) is 16.6. The zero-order valence-electron chi connectivity index (χ0n) is 26.0. The number of likely N-dealkylation sites (N-methyl/N-ethyl adjacent to an activating group) is 2. The van der Waals surface area contributed by atoms with Crippen LogP contribution in [0, 0.1) is 23.2 Å². The molecule has 2 saturated carbocycles. The number of morpholine rings is 1. The van der Waals surface area contributed by atoms with Crippen molar-refractivity contribution in [3.63, 3.8) is 0 Å². The van der Waals surface area contributed by atoms with Crippen molar-refractivity contribution in [2.75, 3.05) is 53.4 Å². The van der Waals surface area contributed by atoms with Gasteiger partial charge in [0.2, 0.25) is 5.91 Å². The molecule has 10 atom stereocenters. The van der Waals surface area contributed by atoms with Crippen LogP contribution in [-0.4, -0.2) is 127 Å². The summed E-state index contributed by atoms with van der Waals surface area (Å²) in [4.78, 5) is 21.9. The van der Waals surface area contributed by atoms with Crippen molar-refractivity contribution >= 4 is 5.91 Å². The Morgan fingerprint density at radius 3 is 2.74 bits per heavy atom. The highest BCUT2D eigenvalue weighted by atomic mass is 16.5. The molecule has 0 aromatic heterocycles. The summed E-state index contributed by atoms with van der Waals surface area (Å²) in [5, 5.41) is 17.3. The van der Waals surface area contributed by atoms with Crippen molar-refractivity contribution in [2.24, 2.45) is 11.8 Å². The minimum absolute atomic E-state index is 0.0820. The SMILES string of the molecule is C=CC(=O)N1CCN(C2NC(OCC3CCCN3C)NC3C[C@]4(CCC32)CN(C)C2C(C)CCCC2O4)CC1CC#N. The molecule has 2 N–H and O–H groups in total. The first-order valence-electron chi connectivity index (χ1n) is 16.6. The molecule has 1 spiro atoms. The summed E-state index contributed by atoms with van der Waals surface area (Å²) in [5.41, 5.74) is -0.127. The Balaban J connectivity index is 1.20. The van der Waals surface area contributed by atoms with E-state index in [4.69, 9.17) is 9.47 Å². The van der Waals surface area contributed by atoms with Crippen LogP contribution in [0.1, 0.15) is 64.7 Å². The van der Waals surface area contributed by atoms with E-state index in [1.807, 2.05) is 4.90 Å². The lowest BCUT2D eigenvalue weighted by atomic mass is 9.70. The van der Waals surface area contributed by atoms with Gasteiger partial charge >= 0.3 is 0 Å². The number of hydrogen-bond donors (Lipinski definition) is 2. The second-order valence-corrected chi connectivity index (χ2v) is 14.2. The van der Waals surface area contributed by atoms with Gasteiger partial charge in [-0.3, -0.25) is 25.2 Å². The lowest BCUT2D eigenvalue weighted by molar-refractivity contribution is -0.222. The predicted octanol–water partition coefficient (Wildman–Crippen LogP) is 1.94. The first-order chi connectivity index (χ1) is 20.3. The zero-order valence-corrected chi connectivity index (χ0v) is 26.0. The van der Waals surface area contributed by atoms with E-state index >= 15 is 0 Å². The number of amides is 1. The highest BCUT2D eigenvalue weighted by molar-refractivity contribution is 5.87. The highest BCUT2D eigenvalue weighted by Gasteiger charge is 2.54. The highest BCUT2D eigenvalue weighted by Crippen LogP contribution is 2.46. The Morgan fingerprint density at radius 1 is 1.12 bits per heavy atom. The van der Waals surface area contributed by atoms with Crippen LogP contribution in [0.2, 0.25) is 0 Å². The molecule has 1 amide bonds. The number of carbonyl (C=O) groups is 1. The van der Waals surface area contributed by atoms with Crippen molar-refractivity contribution in [3.05, 3.63) is 12.7 Å². The number of hydrogen-bond acceptors (Lipinski definition) is 9. The standard InChI is InChI=1S/C32H53N7O3/c1-5-28(40)39-17-16-38(19-23(39)12-14-33)30-25-11-13-32(21-37(4)29-22(2)8-6-10-27(29)42-32)18-26(25)34-31(35-30)41-20-24-9-7-15-36(24)3/h5,22-27,29-31,34-35H,1,6-13,15-21H2,2-4H3/t22?,23?,24?,25?,26?,27?,29?,30?,31?,32-/m1/s1. The molecule has 234 valence electrons. The molecular weight excluding hydrogens is 530 g/mol. The second-order valence-electron chi connectivity index (χ2n) is 14.2. The van der Waals surface area contributed by atoms with Gasteiger partial charge < -0.3 is 19.3 Å². The van der Waals surface area contributed by atoms with Gasteiger partial charge in [-0.1, -0.05) is 19.9 Å². The lowest BCUT2D eigenvalue weighted by Crippen LogP contribution is -2.74. The van der Waals surface area contributed by atoms with E-state index in [1.165, 1.54) is 38.2 Å². The molecule has 2 aliphatic carbocycles. The van der Waals surface area contributed by atoms with Gasteiger partial charge in [0.1, 0.15) is 0 Å². The van der Waals surface area contributed by atoms with Crippen molar-refractivity contribution in [3.8, 4) is 6.07 Å². The molecule has 10 heteroatoms. The van der Waals surface area contributed by atoms with Crippen molar-refractivity contribution in [1.29, 1.82) is 5.26 Å². The maximum absolute atomic E-state index is 12.6. The Hall–Kier alpha value is -1.58. The Bertz CT molecular complexity index is 1020. The number of carbonyl (C=O) groups excluding carboxylic acids is 1. The molecule has 6 rings (SSSR count). The smallest absolute Gasteiger partial charge is 0.246 e. The fraction of sp³-hybridized carbons (Fsp3) is 0.875. The van der Waals surface area contributed by atoms with E-state index in [1.54, 1.807) is 0 Å². The van der Waals surface area contributed by atoms with Gasteiger partial charge in [0.05, 0.1) is 43.0 Å². The molecule has 4 saturated heterocycles. The Labute approximate surface area is 252 Å². The van der Waals surface area contributed by atoms with E-state index in [-0.39, 0.29) is 36.1 Å². The number of fused-ring (bicyclic) bond motifs is 2. The third-order valence-corrected chi connectivity index (χ3v) is 11.5. The number of likely N-dealkylation sites (tertiary alicyclic amines) is 1. The molecule has 0 bridgehead atoms. The maximum Gasteiger partial charge on any atom is 0.246 e. The summed E-state index contributed by atoms with van der Waals surface area (Å²) in [5.74, 6) is 0.996. The summed E-state index contributed by atoms with van der Waals surface area (Å²) in [6, 6.07) is 3.44. The van der Waals surface area contributed by atoms with E-state index in [0.29, 0.717) is 56.1 Å². The zero-order chi connectivity index (χ0) is 29.4. The molecule has 4 aliphatic heterocycles. The van der Waals surface area contributed by atoms with E-state index in [9.17, 15) is 10.1 Å². The van der Waals surface area contributed by atoms with E-state index in [2.05, 4.69) is 59.0 Å².